The molecule has 3 rings (SSSR count). The quantitative estimate of drug-likeness (QED) is 0.428. The first-order chi connectivity index (χ1) is 9.38. The summed E-state index contributed by atoms with van der Waals surface area (Å²) in [5.41, 5.74) is 0. The fraction of sp³-hybridized carbons (Fsp3) is 0.176. The number of hydrogen-bond donors (Lipinski definition) is 1. The standard InChI is InChI=1S/C17H16OS/c18-9-4-10-19-17-8-3-7-15-11-13-5-1-2-6-14(13)12-16(15)17/h1-3,5-8,11-12,18H,4,9-10H2. The molecule has 3 aromatic rings. The van der Waals surface area contributed by atoms with Gasteiger partial charge in [0.1, 0.15) is 0 Å². The maximum Gasteiger partial charge on any atom is 0.0439 e. The molecule has 0 amide bonds. The Kier molecular flexibility index (Phi) is 3.72. The van der Waals surface area contributed by atoms with Crippen LogP contribution in [-0.2, 0) is 0 Å². The minimum absolute atomic E-state index is 0.265. The molecule has 0 aliphatic carbocycles. The third kappa shape index (κ3) is 2.60. The van der Waals surface area contributed by atoms with Gasteiger partial charge in [-0.05, 0) is 46.2 Å². The highest BCUT2D eigenvalue weighted by Gasteiger charge is 2.03. The molecular weight excluding hydrogens is 252 g/mol. The second kappa shape index (κ2) is 5.64. The van der Waals surface area contributed by atoms with E-state index in [0.717, 1.165) is 12.2 Å². The SMILES string of the molecule is OCCCSc1cccc2cc3ccccc3cc12. The summed E-state index contributed by atoms with van der Waals surface area (Å²) in [6.45, 7) is 0.265. The molecule has 0 bridgehead atoms. The lowest BCUT2D eigenvalue weighted by Gasteiger charge is -2.07. The van der Waals surface area contributed by atoms with Gasteiger partial charge in [0.25, 0.3) is 0 Å². The van der Waals surface area contributed by atoms with Gasteiger partial charge in [-0.15, -0.1) is 11.8 Å². The predicted molar refractivity (Wildman–Crippen MR) is 83.9 cm³/mol. The van der Waals surface area contributed by atoms with E-state index >= 15 is 0 Å². The molecule has 1 nitrogen and oxygen atoms in total. The van der Waals surface area contributed by atoms with Crippen LogP contribution in [0.5, 0.6) is 0 Å². The van der Waals surface area contributed by atoms with Gasteiger partial charge in [0.15, 0.2) is 0 Å². The van der Waals surface area contributed by atoms with E-state index in [4.69, 9.17) is 5.11 Å². The molecule has 2 heteroatoms. The largest absolute Gasteiger partial charge is 0.396 e. The first-order valence-corrected chi connectivity index (χ1v) is 7.52. The van der Waals surface area contributed by atoms with Gasteiger partial charge in [-0.25, -0.2) is 0 Å². The van der Waals surface area contributed by atoms with Crippen molar-refractivity contribution in [3.63, 3.8) is 0 Å². The van der Waals surface area contributed by atoms with Crippen molar-refractivity contribution in [3.05, 3.63) is 54.6 Å². The summed E-state index contributed by atoms with van der Waals surface area (Å²) in [5.74, 6) is 0.961. The summed E-state index contributed by atoms with van der Waals surface area (Å²) in [7, 11) is 0. The Labute approximate surface area is 117 Å². The van der Waals surface area contributed by atoms with Crippen molar-refractivity contribution in [3.8, 4) is 0 Å². The van der Waals surface area contributed by atoms with Crippen LogP contribution in [0.1, 0.15) is 6.42 Å². The van der Waals surface area contributed by atoms with E-state index in [0.29, 0.717) is 0 Å². The zero-order valence-electron chi connectivity index (χ0n) is 10.7. The molecule has 19 heavy (non-hydrogen) atoms. The van der Waals surface area contributed by atoms with Crippen LogP contribution >= 0.6 is 11.8 Å². The predicted octanol–water partition coefficient (Wildman–Crippen LogP) is 4.47. The molecule has 0 aromatic heterocycles. The Morgan fingerprint density at radius 1 is 0.842 bits per heavy atom. The van der Waals surface area contributed by atoms with Crippen LogP contribution in [0.4, 0.5) is 0 Å². The molecule has 0 heterocycles. The highest BCUT2D eigenvalue weighted by molar-refractivity contribution is 7.99. The minimum atomic E-state index is 0.265. The van der Waals surface area contributed by atoms with Gasteiger partial charge < -0.3 is 5.11 Å². The van der Waals surface area contributed by atoms with Gasteiger partial charge in [-0.3, -0.25) is 0 Å². The molecule has 0 saturated carbocycles. The van der Waals surface area contributed by atoms with Gasteiger partial charge >= 0.3 is 0 Å². The number of thioether (sulfide) groups is 1. The molecule has 0 fully saturated rings. The number of aliphatic hydroxyl groups is 1. The van der Waals surface area contributed by atoms with Crippen molar-refractivity contribution in [2.75, 3.05) is 12.4 Å². The Morgan fingerprint density at radius 2 is 1.58 bits per heavy atom. The lowest BCUT2D eigenvalue weighted by molar-refractivity contribution is 0.296. The number of rotatable bonds is 4. The van der Waals surface area contributed by atoms with Crippen LogP contribution in [0, 0.1) is 0 Å². The number of benzene rings is 3. The van der Waals surface area contributed by atoms with Crippen LogP contribution in [0.15, 0.2) is 59.5 Å². The highest BCUT2D eigenvalue weighted by Crippen LogP contribution is 2.31. The average molecular weight is 268 g/mol. The summed E-state index contributed by atoms with van der Waals surface area (Å²) in [6, 6.07) is 19.4. The summed E-state index contributed by atoms with van der Waals surface area (Å²) >= 11 is 1.82. The molecule has 1 N–H and O–H groups in total. The summed E-state index contributed by atoms with van der Waals surface area (Å²) in [6.07, 6.45) is 0.842. The monoisotopic (exact) mass is 268 g/mol. The van der Waals surface area contributed by atoms with E-state index in [9.17, 15) is 0 Å². The molecule has 0 aliphatic rings. The zero-order valence-corrected chi connectivity index (χ0v) is 11.5. The van der Waals surface area contributed by atoms with E-state index in [2.05, 4.69) is 54.6 Å². The molecule has 0 atom stereocenters. The fourth-order valence-electron chi connectivity index (χ4n) is 2.31. The molecule has 0 unspecified atom stereocenters. The van der Waals surface area contributed by atoms with E-state index < -0.39 is 0 Å². The summed E-state index contributed by atoms with van der Waals surface area (Å²) < 4.78 is 0. The Morgan fingerprint density at radius 3 is 2.37 bits per heavy atom. The van der Waals surface area contributed by atoms with Gasteiger partial charge in [0.2, 0.25) is 0 Å². The normalized spacial score (nSPS) is 11.2. The van der Waals surface area contributed by atoms with E-state index in [1.165, 1.54) is 26.4 Å². The summed E-state index contributed by atoms with van der Waals surface area (Å²) in [4.78, 5) is 1.30. The minimum Gasteiger partial charge on any atom is -0.396 e. The second-order valence-corrected chi connectivity index (χ2v) is 5.74. The second-order valence-electron chi connectivity index (χ2n) is 4.60. The van der Waals surface area contributed by atoms with E-state index in [-0.39, 0.29) is 6.61 Å². The maximum atomic E-state index is 8.89. The number of hydrogen-bond acceptors (Lipinski definition) is 2. The zero-order chi connectivity index (χ0) is 13.1. The van der Waals surface area contributed by atoms with Gasteiger partial charge in [-0.1, -0.05) is 36.4 Å². The van der Waals surface area contributed by atoms with Crippen molar-refractivity contribution in [2.45, 2.75) is 11.3 Å². The Hall–Kier alpha value is -1.51. The number of aliphatic hydroxyl groups excluding tert-OH is 1. The lowest BCUT2D eigenvalue weighted by Crippen LogP contribution is -1.86. The molecule has 0 aliphatic heterocycles. The van der Waals surface area contributed by atoms with Crippen molar-refractivity contribution in [1.82, 2.24) is 0 Å². The molecule has 3 aromatic carbocycles. The lowest BCUT2D eigenvalue weighted by atomic mass is 10.0. The van der Waals surface area contributed by atoms with E-state index in [1.807, 2.05) is 11.8 Å². The fourth-order valence-corrected chi connectivity index (χ4v) is 3.31. The van der Waals surface area contributed by atoms with E-state index in [1.54, 1.807) is 0 Å². The molecular formula is C17H16OS. The van der Waals surface area contributed by atoms with Gasteiger partial charge in [-0.2, -0.15) is 0 Å². The van der Waals surface area contributed by atoms with Crippen LogP contribution in [-0.4, -0.2) is 17.5 Å². The first kappa shape index (κ1) is 12.5. The van der Waals surface area contributed by atoms with Crippen molar-refractivity contribution < 1.29 is 5.11 Å². The van der Waals surface area contributed by atoms with Crippen molar-refractivity contribution in [2.24, 2.45) is 0 Å². The molecule has 0 spiro atoms. The maximum absolute atomic E-state index is 8.89. The topological polar surface area (TPSA) is 20.2 Å². The van der Waals surface area contributed by atoms with Gasteiger partial charge in [0.05, 0.1) is 0 Å². The smallest absolute Gasteiger partial charge is 0.0439 e. The average Bonchev–Trinajstić information content (AvgIpc) is 2.46. The highest BCUT2D eigenvalue weighted by atomic mass is 32.2. The van der Waals surface area contributed by atoms with Crippen LogP contribution < -0.4 is 0 Å². The summed E-state index contributed by atoms with van der Waals surface area (Å²) in [5, 5.41) is 14.0. The molecule has 96 valence electrons. The molecule has 0 radical (unpaired) electrons. The van der Waals surface area contributed by atoms with Gasteiger partial charge in [0, 0.05) is 17.3 Å². The Bertz CT molecular complexity index is 706. The van der Waals surface area contributed by atoms with Crippen molar-refractivity contribution >= 4 is 33.3 Å². The Balaban J connectivity index is 2.09. The molecule has 0 saturated heterocycles. The third-order valence-electron chi connectivity index (χ3n) is 3.27. The van der Waals surface area contributed by atoms with Crippen LogP contribution in [0.25, 0.3) is 21.5 Å². The van der Waals surface area contributed by atoms with Crippen LogP contribution in [0.3, 0.4) is 0 Å². The van der Waals surface area contributed by atoms with Crippen LogP contribution in [0.2, 0.25) is 0 Å². The van der Waals surface area contributed by atoms with Crippen molar-refractivity contribution in [1.29, 1.82) is 0 Å². The third-order valence-corrected chi connectivity index (χ3v) is 4.43. The number of fused-ring (bicyclic) bond motifs is 2. The first-order valence-electron chi connectivity index (χ1n) is 6.54.